The van der Waals surface area contributed by atoms with Gasteiger partial charge in [-0.1, -0.05) is 18.5 Å². The van der Waals surface area contributed by atoms with Gasteiger partial charge < -0.3 is 0 Å². The maximum atomic E-state index is 5.85. The van der Waals surface area contributed by atoms with E-state index in [0.29, 0.717) is 5.15 Å². The van der Waals surface area contributed by atoms with E-state index >= 15 is 0 Å². The van der Waals surface area contributed by atoms with E-state index in [1.54, 1.807) is 0 Å². The highest BCUT2D eigenvalue weighted by atomic mass is 35.5. The van der Waals surface area contributed by atoms with Crippen molar-refractivity contribution in [2.75, 3.05) is 0 Å². The molecule has 0 radical (unpaired) electrons. The third-order valence-electron chi connectivity index (χ3n) is 1.69. The van der Waals surface area contributed by atoms with Crippen LogP contribution in [-0.4, -0.2) is 9.97 Å². The maximum Gasteiger partial charge on any atom is 0.135 e. The van der Waals surface area contributed by atoms with Crippen molar-refractivity contribution < 1.29 is 0 Å². The topological polar surface area (TPSA) is 25.8 Å². The van der Waals surface area contributed by atoms with Crippen molar-refractivity contribution in [3.05, 3.63) is 22.2 Å². The van der Waals surface area contributed by atoms with Crippen LogP contribution in [0.1, 0.15) is 24.0 Å². The number of nitrogens with zero attached hydrogens (tertiary/aromatic N) is 2. The SMILES string of the molecule is CCc1nc(C)c(C)c(Cl)n1. The Bertz CT molecular complexity index is 248. The quantitative estimate of drug-likeness (QED) is 0.605. The Labute approximate surface area is 71.6 Å². The van der Waals surface area contributed by atoms with Gasteiger partial charge in [0.25, 0.3) is 0 Å². The van der Waals surface area contributed by atoms with E-state index in [1.807, 2.05) is 20.8 Å². The molecule has 0 aliphatic rings. The van der Waals surface area contributed by atoms with Crippen LogP contribution in [0.25, 0.3) is 0 Å². The molecule has 2 nitrogen and oxygen atoms in total. The molecule has 0 bridgehead atoms. The molecule has 1 aromatic heterocycles. The zero-order chi connectivity index (χ0) is 8.43. The largest absolute Gasteiger partial charge is 0.238 e. The molecular weight excluding hydrogens is 160 g/mol. The number of aryl methyl sites for hydroxylation is 2. The maximum absolute atomic E-state index is 5.85. The Morgan fingerprint density at radius 2 is 1.91 bits per heavy atom. The molecule has 0 unspecified atom stereocenters. The first-order valence-corrected chi connectivity index (χ1v) is 4.02. The molecule has 0 aliphatic heterocycles. The molecule has 0 amide bonds. The van der Waals surface area contributed by atoms with Gasteiger partial charge in [0.1, 0.15) is 11.0 Å². The van der Waals surface area contributed by atoms with Crippen LogP contribution in [0, 0.1) is 13.8 Å². The minimum atomic E-state index is 0.578. The van der Waals surface area contributed by atoms with Crippen molar-refractivity contribution in [2.45, 2.75) is 27.2 Å². The third-order valence-corrected chi connectivity index (χ3v) is 2.06. The van der Waals surface area contributed by atoms with E-state index in [1.165, 1.54) is 0 Å². The molecule has 0 fully saturated rings. The predicted molar refractivity (Wildman–Crippen MR) is 45.9 cm³/mol. The fourth-order valence-electron chi connectivity index (χ4n) is 0.807. The summed E-state index contributed by atoms with van der Waals surface area (Å²) in [5, 5.41) is 0.578. The van der Waals surface area contributed by atoms with Crippen LogP contribution < -0.4 is 0 Å². The highest BCUT2D eigenvalue weighted by Crippen LogP contribution is 2.14. The number of hydrogen-bond acceptors (Lipinski definition) is 2. The minimum Gasteiger partial charge on any atom is -0.238 e. The second-order valence-corrected chi connectivity index (χ2v) is 2.85. The molecule has 0 aromatic carbocycles. The number of aromatic nitrogens is 2. The van der Waals surface area contributed by atoms with Gasteiger partial charge in [0.05, 0.1) is 0 Å². The first-order chi connectivity index (χ1) is 5.15. The molecular formula is C8H11ClN2. The second kappa shape index (κ2) is 3.18. The van der Waals surface area contributed by atoms with E-state index in [2.05, 4.69) is 9.97 Å². The lowest BCUT2D eigenvalue weighted by atomic mass is 10.3. The molecule has 60 valence electrons. The van der Waals surface area contributed by atoms with Crippen molar-refractivity contribution in [2.24, 2.45) is 0 Å². The van der Waals surface area contributed by atoms with Gasteiger partial charge >= 0.3 is 0 Å². The van der Waals surface area contributed by atoms with Crippen molar-refractivity contribution in [3.8, 4) is 0 Å². The first kappa shape index (κ1) is 8.47. The Morgan fingerprint density at radius 1 is 1.27 bits per heavy atom. The molecule has 0 saturated heterocycles. The van der Waals surface area contributed by atoms with Crippen LogP contribution in [0.5, 0.6) is 0 Å². The zero-order valence-electron chi connectivity index (χ0n) is 6.98. The second-order valence-electron chi connectivity index (χ2n) is 2.49. The van der Waals surface area contributed by atoms with Crippen LogP contribution in [0.4, 0.5) is 0 Å². The molecule has 1 rings (SSSR count). The van der Waals surface area contributed by atoms with Crippen molar-refractivity contribution in [3.63, 3.8) is 0 Å². The van der Waals surface area contributed by atoms with Gasteiger partial charge in [0, 0.05) is 17.7 Å². The fourth-order valence-corrected chi connectivity index (χ4v) is 1.04. The van der Waals surface area contributed by atoms with E-state index in [-0.39, 0.29) is 0 Å². The number of halogens is 1. The van der Waals surface area contributed by atoms with Crippen LogP contribution in [0.15, 0.2) is 0 Å². The van der Waals surface area contributed by atoms with Crippen LogP contribution in [0.2, 0.25) is 5.15 Å². The molecule has 3 heteroatoms. The van der Waals surface area contributed by atoms with Gasteiger partial charge in [-0.3, -0.25) is 0 Å². The summed E-state index contributed by atoms with van der Waals surface area (Å²) in [7, 11) is 0. The van der Waals surface area contributed by atoms with Gasteiger partial charge in [-0.15, -0.1) is 0 Å². The van der Waals surface area contributed by atoms with Crippen molar-refractivity contribution in [1.82, 2.24) is 9.97 Å². The monoisotopic (exact) mass is 170 g/mol. The molecule has 0 saturated carbocycles. The van der Waals surface area contributed by atoms with Crippen molar-refractivity contribution in [1.29, 1.82) is 0 Å². The molecule has 0 atom stereocenters. The Kier molecular flexibility index (Phi) is 2.45. The van der Waals surface area contributed by atoms with Gasteiger partial charge in [0.15, 0.2) is 0 Å². The van der Waals surface area contributed by atoms with Crippen molar-refractivity contribution >= 4 is 11.6 Å². The van der Waals surface area contributed by atoms with Crippen LogP contribution in [0.3, 0.4) is 0 Å². The summed E-state index contributed by atoms with van der Waals surface area (Å²) >= 11 is 5.85. The van der Waals surface area contributed by atoms with Gasteiger partial charge in [0.2, 0.25) is 0 Å². The molecule has 0 spiro atoms. The van der Waals surface area contributed by atoms with E-state index in [0.717, 1.165) is 23.5 Å². The summed E-state index contributed by atoms with van der Waals surface area (Å²) in [6.07, 6.45) is 0.834. The summed E-state index contributed by atoms with van der Waals surface area (Å²) in [5.41, 5.74) is 1.95. The number of rotatable bonds is 1. The predicted octanol–water partition coefficient (Wildman–Crippen LogP) is 2.31. The normalized spacial score (nSPS) is 10.2. The average Bonchev–Trinajstić information content (AvgIpc) is 1.99. The third kappa shape index (κ3) is 1.69. The fraction of sp³-hybridized carbons (Fsp3) is 0.500. The highest BCUT2D eigenvalue weighted by molar-refractivity contribution is 6.30. The molecule has 11 heavy (non-hydrogen) atoms. The Morgan fingerprint density at radius 3 is 2.36 bits per heavy atom. The van der Waals surface area contributed by atoms with Gasteiger partial charge in [-0.2, -0.15) is 0 Å². The lowest BCUT2D eigenvalue weighted by molar-refractivity contribution is 0.905. The van der Waals surface area contributed by atoms with Gasteiger partial charge in [-0.05, 0) is 13.8 Å². The summed E-state index contributed by atoms with van der Waals surface area (Å²) in [5.74, 6) is 0.818. The number of hydrogen-bond donors (Lipinski definition) is 0. The zero-order valence-corrected chi connectivity index (χ0v) is 7.74. The summed E-state index contributed by atoms with van der Waals surface area (Å²) < 4.78 is 0. The first-order valence-electron chi connectivity index (χ1n) is 3.64. The lowest BCUT2D eigenvalue weighted by Crippen LogP contribution is -1.98. The molecule has 0 N–H and O–H groups in total. The highest BCUT2D eigenvalue weighted by Gasteiger charge is 2.03. The Hall–Kier alpha value is -0.630. The van der Waals surface area contributed by atoms with Crippen LogP contribution >= 0.6 is 11.6 Å². The van der Waals surface area contributed by atoms with Gasteiger partial charge in [-0.25, -0.2) is 9.97 Å². The summed E-state index contributed by atoms with van der Waals surface area (Å²) in [4.78, 5) is 8.36. The molecule has 1 aromatic rings. The summed E-state index contributed by atoms with van der Waals surface area (Å²) in [6, 6.07) is 0. The minimum absolute atomic E-state index is 0.578. The standard InChI is InChI=1S/C8H11ClN2/c1-4-7-10-6(3)5(2)8(9)11-7/h4H2,1-3H3. The molecule has 1 heterocycles. The average molecular weight is 171 g/mol. The summed E-state index contributed by atoms with van der Waals surface area (Å²) in [6.45, 7) is 5.89. The lowest BCUT2D eigenvalue weighted by Gasteiger charge is -2.02. The van der Waals surface area contributed by atoms with E-state index in [4.69, 9.17) is 11.6 Å². The van der Waals surface area contributed by atoms with E-state index in [9.17, 15) is 0 Å². The van der Waals surface area contributed by atoms with E-state index < -0.39 is 0 Å². The smallest absolute Gasteiger partial charge is 0.135 e. The van der Waals surface area contributed by atoms with Crippen LogP contribution in [-0.2, 0) is 6.42 Å². The molecule has 0 aliphatic carbocycles. The Balaban J connectivity index is 3.21.